The molecule has 0 aliphatic carbocycles. The van der Waals surface area contributed by atoms with Gasteiger partial charge in [0.1, 0.15) is 5.75 Å². The number of hydrogen-bond donors (Lipinski definition) is 0. The highest BCUT2D eigenvalue weighted by Gasteiger charge is 2.15. The Bertz CT molecular complexity index is 995. The highest BCUT2D eigenvalue weighted by Crippen LogP contribution is 2.26. The average Bonchev–Trinajstić information content (AvgIpc) is 2.89. The molecule has 178 valence electrons. The molecule has 0 N–H and O–H groups in total. The van der Waals surface area contributed by atoms with Crippen molar-refractivity contribution in [1.29, 1.82) is 0 Å². The Kier molecular flexibility index (Phi) is 10.2. The standard InChI is InChI=1S/C29H33NO4/c1-3-12-26(19-10-13-23-14-11-20-27(21-23)33-22-28(31)32-2)30-34-29(24-15-6-4-7-16-24)25-17-8-5-9-18-25/h4-9,11,14-18,20-21,29H,3,10,12-13,19,22H2,1-2H3/b30-26-. The highest BCUT2D eigenvalue weighted by atomic mass is 16.6. The van der Waals surface area contributed by atoms with E-state index in [1.54, 1.807) is 0 Å². The minimum Gasteiger partial charge on any atom is -0.482 e. The number of methoxy groups -OCH3 is 1. The zero-order chi connectivity index (χ0) is 24.0. The molecule has 0 spiro atoms. The van der Waals surface area contributed by atoms with Crippen LogP contribution in [0.4, 0.5) is 0 Å². The first kappa shape index (κ1) is 25.0. The SMILES string of the molecule is CCC/C(CCCc1cccc(OCC(=O)OC)c1)=N/OC(c1ccccc1)c1ccccc1. The molecule has 0 aliphatic heterocycles. The van der Waals surface area contributed by atoms with Crippen LogP contribution in [0.15, 0.2) is 90.1 Å². The molecule has 0 unspecified atom stereocenters. The van der Waals surface area contributed by atoms with E-state index in [1.165, 1.54) is 7.11 Å². The predicted molar refractivity (Wildman–Crippen MR) is 135 cm³/mol. The monoisotopic (exact) mass is 459 g/mol. The second-order valence-electron chi connectivity index (χ2n) is 8.08. The summed E-state index contributed by atoms with van der Waals surface area (Å²) in [5.41, 5.74) is 4.39. The van der Waals surface area contributed by atoms with Gasteiger partial charge in [0.05, 0.1) is 12.8 Å². The first-order valence-corrected chi connectivity index (χ1v) is 11.8. The van der Waals surface area contributed by atoms with E-state index in [-0.39, 0.29) is 12.7 Å². The van der Waals surface area contributed by atoms with Crippen molar-refractivity contribution in [2.75, 3.05) is 13.7 Å². The van der Waals surface area contributed by atoms with Crippen LogP contribution >= 0.6 is 0 Å². The summed E-state index contributed by atoms with van der Waals surface area (Å²) in [5.74, 6) is 0.275. The Balaban J connectivity index is 1.62. The van der Waals surface area contributed by atoms with Gasteiger partial charge in [-0.3, -0.25) is 0 Å². The van der Waals surface area contributed by atoms with Gasteiger partial charge in [0.15, 0.2) is 12.7 Å². The van der Waals surface area contributed by atoms with Gasteiger partial charge < -0.3 is 14.3 Å². The number of oxime groups is 1. The third-order valence-electron chi connectivity index (χ3n) is 5.44. The normalized spacial score (nSPS) is 11.3. The van der Waals surface area contributed by atoms with Crippen LogP contribution in [0.2, 0.25) is 0 Å². The summed E-state index contributed by atoms with van der Waals surface area (Å²) in [4.78, 5) is 17.4. The van der Waals surface area contributed by atoms with Crippen LogP contribution in [0.1, 0.15) is 55.4 Å². The van der Waals surface area contributed by atoms with E-state index < -0.39 is 5.97 Å². The summed E-state index contributed by atoms with van der Waals surface area (Å²) in [7, 11) is 1.35. The van der Waals surface area contributed by atoms with Crippen molar-refractivity contribution >= 4 is 11.7 Å². The molecule has 0 heterocycles. The lowest BCUT2D eigenvalue weighted by Crippen LogP contribution is -2.12. The maximum absolute atomic E-state index is 11.3. The molecule has 3 aromatic carbocycles. The summed E-state index contributed by atoms with van der Waals surface area (Å²) in [6.45, 7) is 2.07. The zero-order valence-electron chi connectivity index (χ0n) is 20.0. The summed E-state index contributed by atoms with van der Waals surface area (Å²) in [6, 6.07) is 28.2. The van der Waals surface area contributed by atoms with E-state index in [0.717, 1.165) is 54.5 Å². The van der Waals surface area contributed by atoms with Crippen molar-refractivity contribution in [3.05, 3.63) is 102 Å². The van der Waals surface area contributed by atoms with Crippen LogP contribution in [0, 0.1) is 0 Å². The van der Waals surface area contributed by atoms with Crippen LogP contribution in [0.3, 0.4) is 0 Å². The Hall–Kier alpha value is -3.60. The highest BCUT2D eigenvalue weighted by molar-refractivity contribution is 5.83. The average molecular weight is 460 g/mol. The lowest BCUT2D eigenvalue weighted by atomic mass is 10.0. The number of esters is 1. The lowest BCUT2D eigenvalue weighted by Gasteiger charge is -2.17. The summed E-state index contributed by atoms with van der Waals surface area (Å²) in [6.07, 6.45) is 4.37. The molecule has 0 bridgehead atoms. The molecule has 0 saturated heterocycles. The van der Waals surface area contributed by atoms with Crippen molar-refractivity contribution in [1.82, 2.24) is 0 Å². The van der Waals surface area contributed by atoms with Gasteiger partial charge in [-0.25, -0.2) is 4.79 Å². The van der Waals surface area contributed by atoms with E-state index in [0.29, 0.717) is 5.75 Å². The largest absolute Gasteiger partial charge is 0.482 e. The summed E-state index contributed by atoms with van der Waals surface area (Å²) in [5, 5.41) is 4.61. The van der Waals surface area contributed by atoms with E-state index in [2.05, 4.69) is 47.1 Å². The Morgan fingerprint density at radius 1 is 0.882 bits per heavy atom. The molecule has 0 saturated carbocycles. The van der Waals surface area contributed by atoms with Crippen molar-refractivity contribution in [3.63, 3.8) is 0 Å². The van der Waals surface area contributed by atoms with Gasteiger partial charge in [-0.1, -0.05) is 91.3 Å². The fraction of sp³-hybridized carbons (Fsp3) is 0.310. The Labute approximate surface area is 202 Å². The molecular formula is C29H33NO4. The molecule has 0 atom stereocenters. The van der Waals surface area contributed by atoms with Crippen LogP contribution in [0.5, 0.6) is 5.75 Å². The van der Waals surface area contributed by atoms with Gasteiger partial charge in [0, 0.05) is 0 Å². The molecule has 0 fully saturated rings. The van der Waals surface area contributed by atoms with Gasteiger partial charge in [0.25, 0.3) is 0 Å². The number of rotatable bonds is 13. The molecule has 0 radical (unpaired) electrons. The summed E-state index contributed by atoms with van der Waals surface area (Å²) >= 11 is 0. The van der Waals surface area contributed by atoms with Crippen LogP contribution < -0.4 is 4.74 Å². The minimum absolute atomic E-state index is 0.0887. The zero-order valence-corrected chi connectivity index (χ0v) is 20.0. The molecular weight excluding hydrogens is 426 g/mol. The second kappa shape index (κ2) is 13.8. The minimum atomic E-state index is -0.393. The first-order chi connectivity index (χ1) is 16.7. The van der Waals surface area contributed by atoms with Crippen LogP contribution in [-0.4, -0.2) is 25.4 Å². The maximum atomic E-state index is 11.3. The number of aryl methyl sites for hydroxylation is 1. The van der Waals surface area contributed by atoms with Gasteiger partial charge in [-0.2, -0.15) is 0 Å². The number of benzene rings is 3. The first-order valence-electron chi connectivity index (χ1n) is 11.8. The van der Waals surface area contributed by atoms with Crippen molar-refractivity contribution in [2.24, 2.45) is 5.16 Å². The van der Waals surface area contributed by atoms with Gasteiger partial charge in [-0.15, -0.1) is 0 Å². The van der Waals surface area contributed by atoms with Crippen LogP contribution in [0.25, 0.3) is 0 Å². The number of nitrogens with zero attached hydrogens (tertiary/aromatic N) is 1. The quantitative estimate of drug-likeness (QED) is 0.166. The van der Waals surface area contributed by atoms with Gasteiger partial charge >= 0.3 is 5.97 Å². The maximum Gasteiger partial charge on any atom is 0.343 e. The number of carbonyl (C=O) groups is 1. The fourth-order valence-corrected chi connectivity index (χ4v) is 3.69. The van der Waals surface area contributed by atoms with Crippen molar-refractivity contribution in [2.45, 2.75) is 45.1 Å². The number of hydrogen-bond acceptors (Lipinski definition) is 5. The second-order valence-corrected chi connectivity index (χ2v) is 8.08. The lowest BCUT2D eigenvalue weighted by molar-refractivity contribution is -0.142. The number of ether oxygens (including phenoxy) is 2. The fourth-order valence-electron chi connectivity index (χ4n) is 3.69. The Morgan fingerprint density at radius 3 is 2.18 bits per heavy atom. The molecule has 0 aliphatic rings. The molecule has 34 heavy (non-hydrogen) atoms. The molecule has 5 heteroatoms. The van der Waals surface area contributed by atoms with Crippen LogP contribution in [-0.2, 0) is 20.8 Å². The molecule has 5 nitrogen and oxygen atoms in total. The molecule has 0 aromatic heterocycles. The van der Waals surface area contributed by atoms with E-state index in [4.69, 9.17) is 9.57 Å². The van der Waals surface area contributed by atoms with E-state index in [9.17, 15) is 4.79 Å². The topological polar surface area (TPSA) is 57.1 Å². The third kappa shape index (κ3) is 8.07. The van der Waals surface area contributed by atoms with Crippen molar-refractivity contribution < 1.29 is 19.1 Å². The van der Waals surface area contributed by atoms with Gasteiger partial charge in [0.2, 0.25) is 0 Å². The predicted octanol–water partition coefficient (Wildman–Crippen LogP) is 6.52. The molecule has 3 aromatic rings. The molecule has 3 rings (SSSR count). The van der Waals surface area contributed by atoms with E-state index >= 15 is 0 Å². The number of carbonyl (C=O) groups excluding carboxylic acids is 1. The molecule has 0 amide bonds. The van der Waals surface area contributed by atoms with E-state index in [1.807, 2.05) is 54.6 Å². The van der Waals surface area contributed by atoms with Gasteiger partial charge in [-0.05, 0) is 54.5 Å². The smallest absolute Gasteiger partial charge is 0.343 e. The summed E-state index contributed by atoms with van der Waals surface area (Å²) < 4.78 is 10.1. The van der Waals surface area contributed by atoms with Crippen molar-refractivity contribution in [3.8, 4) is 5.75 Å². The third-order valence-corrected chi connectivity index (χ3v) is 5.44. The Morgan fingerprint density at radius 2 is 1.56 bits per heavy atom.